The lowest BCUT2D eigenvalue weighted by atomic mass is 10.5. The van der Waals surface area contributed by atoms with E-state index in [2.05, 4.69) is 5.73 Å². The maximum absolute atomic E-state index is 10.7. The van der Waals surface area contributed by atoms with Gasteiger partial charge in [-0.1, -0.05) is 0 Å². The fourth-order valence-electron chi connectivity index (χ4n) is 0.987. The third-order valence-corrected chi connectivity index (χ3v) is 3.45. The first-order chi connectivity index (χ1) is 6.36. The van der Waals surface area contributed by atoms with Crippen molar-refractivity contribution >= 4 is 17.4 Å². The summed E-state index contributed by atoms with van der Waals surface area (Å²) in [6.07, 6.45) is -1.58. The predicted octanol–water partition coefficient (Wildman–Crippen LogP) is -1.05. The van der Waals surface area contributed by atoms with Crippen molar-refractivity contribution in [2.45, 2.75) is 20.8 Å². The smallest absolute Gasteiger partial charge is 0.148 e. The summed E-state index contributed by atoms with van der Waals surface area (Å²) in [5.41, 5.74) is 3.92. The fourth-order valence-corrected chi connectivity index (χ4v) is 1.62. The van der Waals surface area contributed by atoms with E-state index in [1.165, 1.54) is 0 Å². The molecular formula is C7H17N2O4S-. The molecule has 0 rings (SSSR count). The fraction of sp³-hybridized carbons (Fsp3) is 0.857. The molecule has 1 atom stereocenters. The van der Waals surface area contributed by atoms with Gasteiger partial charge in [0.1, 0.15) is 17.4 Å². The van der Waals surface area contributed by atoms with Gasteiger partial charge in [-0.3, -0.25) is 0 Å². The lowest BCUT2D eigenvalue weighted by Gasteiger charge is -2.35. The number of nitrogens with zero attached hydrogens (tertiary/aromatic N) is 1. The Kier molecular flexibility index (Phi) is 8.71. The van der Waals surface area contributed by atoms with Gasteiger partial charge >= 0.3 is 0 Å². The topological polar surface area (TPSA) is 106 Å². The van der Waals surface area contributed by atoms with E-state index in [4.69, 9.17) is 9.90 Å². The summed E-state index contributed by atoms with van der Waals surface area (Å²) in [4.78, 5) is 8.67. The zero-order valence-corrected chi connectivity index (χ0v) is 9.50. The Balaban J connectivity index is 0. The lowest BCUT2D eigenvalue weighted by molar-refractivity contribution is -0.800. The van der Waals surface area contributed by atoms with Crippen molar-refractivity contribution in [3.63, 3.8) is 0 Å². The van der Waals surface area contributed by atoms with Gasteiger partial charge in [0.05, 0.1) is 19.6 Å². The number of carbonyl (C=O) groups is 1. The number of amides is 1. The molecule has 0 aromatic heterocycles. The van der Waals surface area contributed by atoms with E-state index in [-0.39, 0.29) is 3.89 Å². The minimum absolute atomic E-state index is 0.181. The van der Waals surface area contributed by atoms with Crippen molar-refractivity contribution < 1.29 is 22.6 Å². The van der Waals surface area contributed by atoms with Crippen molar-refractivity contribution in [3.05, 3.63) is 0 Å². The molecule has 14 heavy (non-hydrogen) atoms. The van der Waals surface area contributed by atoms with Gasteiger partial charge in [0.25, 0.3) is 0 Å². The molecule has 0 radical (unpaired) electrons. The molecule has 0 aromatic rings. The first-order valence-electron chi connectivity index (χ1n) is 4.28. The molecule has 0 spiro atoms. The van der Waals surface area contributed by atoms with Crippen LogP contribution < -0.4 is 10.8 Å². The Morgan fingerprint density at radius 3 is 1.50 bits per heavy atom. The quantitative estimate of drug-likeness (QED) is 0.486. The molecule has 7 heteroatoms. The number of carbonyl (C=O) groups excluding carboxylic acids is 1. The van der Waals surface area contributed by atoms with Crippen LogP contribution in [0.1, 0.15) is 20.8 Å². The molecule has 0 heterocycles. The monoisotopic (exact) mass is 225 g/mol. The molecule has 0 bridgehead atoms. The van der Waals surface area contributed by atoms with Crippen LogP contribution in [0.15, 0.2) is 0 Å². The summed E-state index contributed by atoms with van der Waals surface area (Å²) in [6.45, 7) is 7.64. The predicted molar refractivity (Wildman–Crippen MR) is 50.4 cm³/mol. The number of hydrogen-bond donors (Lipinski definition) is 1. The number of primary amides is 1. The molecule has 1 amide bonds. The zero-order valence-electron chi connectivity index (χ0n) is 8.69. The molecule has 0 aliphatic rings. The summed E-state index contributed by atoms with van der Waals surface area (Å²) in [5.74, 6) is 0. The highest BCUT2D eigenvalue weighted by Gasteiger charge is 2.21. The number of rotatable bonds is 4. The van der Waals surface area contributed by atoms with Gasteiger partial charge in [-0.2, -0.15) is 0 Å². The second-order valence-electron chi connectivity index (χ2n) is 2.54. The molecule has 0 saturated carbocycles. The molecule has 0 aliphatic heterocycles. The largest absolute Gasteiger partial charge is 0.724 e. The van der Waals surface area contributed by atoms with Crippen LogP contribution in [0.4, 0.5) is 4.79 Å². The van der Waals surface area contributed by atoms with Gasteiger partial charge < -0.3 is 20.2 Å². The van der Waals surface area contributed by atoms with Crippen molar-refractivity contribution in [1.82, 2.24) is 0 Å². The minimum Gasteiger partial charge on any atom is -0.724 e. The average Bonchev–Trinajstić information content (AvgIpc) is 2.07. The lowest BCUT2D eigenvalue weighted by Crippen LogP contribution is -2.48. The van der Waals surface area contributed by atoms with Crippen LogP contribution in [0.2, 0.25) is 0 Å². The Morgan fingerprint density at radius 2 is 1.50 bits per heavy atom. The third-order valence-electron chi connectivity index (χ3n) is 2.05. The van der Waals surface area contributed by atoms with Gasteiger partial charge in [-0.25, -0.2) is 8.10 Å². The van der Waals surface area contributed by atoms with Crippen LogP contribution in [0.25, 0.3) is 0 Å². The molecule has 0 aliphatic carbocycles. The minimum atomic E-state index is -1.97. The van der Waals surface area contributed by atoms with Crippen LogP contribution >= 0.6 is 0 Å². The molecule has 6 nitrogen and oxygen atoms in total. The number of carboxylic acid groups (broad SMARTS) is 1. The van der Waals surface area contributed by atoms with E-state index in [0.717, 1.165) is 0 Å². The van der Waals surface area contributed by atoms with E-state index in [9.17, 15) is 8.76 Å². The second-order valence-corrected chi connectivity index (χ2v) is 3.75. The SMILES string of the molecule is CC[N+](CC)(CC)S(=O)[O-].NC(=O)[O-]. The molecule has 1 unspecified atom stereocenters. The van der Waals surface area contributed by atoms with E-state index >= 15 is 0 Å². The van der Waals surface area contributed by atoms with Gasteiger partial charge in [0.15, 0.2) is 0 Å². The highest BCUT2D eigenvalue weighted by atomic mass is 32.2. The first-order valence-corrected chi connectivity index (χ1v) is 5.31. The molecule has 86 valence electrons. The summed E-state index contributed by atoms with van der Waals surface area (Å²) < 4.78 is 21.6. The van der Waals surface area contributed by atoms with Gasteiger partial charge in [0.2, 0.25) is 0 Å². The Labute approximate surface area is 86.7 Å². The average molecular weight is 225 g/mol. The van der Waals surface area contributed by atoms with Gasteiger partial charge in [0, 0.05) is 0 Å². The van der Waals surface area contributed by atoms with E-state index in [1.807, 2.05) is 20.8 Å². The molecule has 0 aromatic carbocycles. The summed E-state index contributed by atoms with van der Waals surface area (Å²) >= 11 is -1.97. The normalized spacial score (nSPS) is 12.6. The van der Waals surface area contributed by atoms with Crippen molar-refractivity contribution in [2.24, 2.45) is 5.73 Å². The zero-order chi connectivity index (χ0) is 11.8. The summed E-state index contributed by atoms with van der Waals surface area (Å²) in [5, 5.41) is 8.67. The number of nitrogens with two attached hydrogens (primary N) is 1. The van der Waals surface area contributed by atoms with Crippen LogP contribution in [0, 0.1) is 0 Å². The standard InChI is InChI=1S/C6H15NO2S.CH3NO2/c1-4-7(5-2,6-3)10(8)9;2-1(3)4/h4-6H2,1-3H3;2H2,(H,3,4)/p-1. The van der Waals surface area contributed by atoms with Gasteiger partial charge in [-0.15, -0.1) is 0 Å². The molecule has 0 fully saturated rings. The maximum atomic E-state index is 10.7. The van der Waals surface area contributed by atoms with E-state index in [0.29, 0.717) is 19.6 Å². The highest BCUT2D eigenvalue weighted by molar-refractivity contribution is 7.73. The van der Waals surface area contributed by atoms with E-state index in [1.54, 1.807) is 0 Å². The van der Waals surface area contributed by atoms with Crippen LogP contribution in [0.3, 0.4) is 0 Å². The molecular weight excluding hydrogens is 208 g/mol. The van der Waals surface area contributed by atoms with Crippen molar-refractivity contribution in [3.8, 4) is 0 Å². The first kappa shape index (κ1) is 15.8. The van der Waals surface area contributed by atoms with Crippen LogP contribution in [-0.4, -0.2) is 38.4 Å². The van der Waals surface area contributed by atoms with Gasteiger partial charge in [-0.05, 0) is 20.8 Å². The Morgan fingerprint density at radius 1 is 1.29 bits per heavy atom. The summed E-state index contributed by atoms with van der Waals surface area (Å²) in [7, 11) is 0. The van der Waals surface area contributed by atoms with Crippen molar-refractivity contribution in [1.29, 1.82) is 0 Å². The Bertz CT molecular complexity index is 182. The number of hydrogen-bond acceptors (Lipinski definition) is 4. The number of quaternary nitrogens is 1. The molecule has 2 N–H and O–H groups in total. The Hall–Kier alpha value is -0.660. The van der Waals surface area contributed by atoms with Crippen molar-refractivity contribution in [2.75, 3.05) is 19.6 Å². The highest BCUT2D eigenvalue weighted by Crippen LogP contribution is 2.07. The molecule has 0 saturated heterocycles. The summed E-state index contributed by atoms with van der Waals surface area (Å²) in [6, 6.07) is 0. The van der Waals surface area contributed by atoms with Crippen LogP contribution in [-0.2, 0) is 11.3 Å². The van der Waals surface area contributed by atoms with E-state index < -0.39 is 17.4 Å². The second kappa shape index (κ2) is 7.72. The van der Waals surface area contributed by atoms with Crippen LogP contribution in [0.5, 0.6) is 0 Å². The third kappa shape index (κ3) is 5.90. The maximum Gasteiger partial charge on any atom is 0.148 e.